The number of methoxy groups -OCH3 is 2. The molecule has 1 saturated heterocycles. The van der Waals surface area contributed by atoms with Crippen molar-refractivity contribution in [2.24, 2.45) is 0 Å². The summed E-state index contributed by atoms with van der Waals surface area (Å²) in [7, 11) is 7.82. The van der Waals surface area contributed by atoms with Gasteiger partial charge in [0.2, 0.25) is 0 Å². The number of rotatable bonds is 6. The highest BCUT2D eigenvalue weighted by atomic mass is 16.5. The van der Waals surface area contributed by atoms with Crippen LogP contribution in [0.25, 0.3) is 0 Å². The quantitative estimate of drug-likeness (QED) is 0.794. The van der Waals surface area contributed by atoms with Crippen LogP contribution in [0.5, 0.6) is 5.75 Å². The zero-order valence-corrected chi connectivity index (χ0v) is 13.1. The van der Waals surface area contributed by atoms with E-state index in [1.807, 2.05) is 6.07 Å². The van der Waals surface area contributed by atoms with Crippen molar-refractivity contribution in [1.82, 2.24) is 9.80 Å². The van der Waals surface area contributed by atoms with E-state index >= 15 is 0 Å². The van der Waals surface area contributed by atoms with Crippen molar-refractivity contribution >= 4 is 0 Å². The number of likely N-dealkylation sites (tertiary alicyclic amines) is 1. The summed E-state index contributed by atoms with van der Waals surface area (Å²) in [6, 6.07) is 7.04. The van der Waals surface area contributed by atoms with E-state index in [-0.39, 0.29) is 0 Å². The Balaban J connectivity index is 2.03. The Labute approximate surface area is 122 Å². The number of ether oxygens (including phenoxy) is 2. The molecule has 1 aliphatic heterocycles. The molecule has 2 rings (SSSR count). The molecule has 0 radical (unpaired) electrons. The topological polar surface area (TPSA) is 24.9 Å². The summed E-state index contributed by atoms with van der Waals surface area (Å²) in [4.78, 5) is 4.84. The zero-order chi connectivity index (χ0) is 14.5. The van der Waals surface area contributed by atoms with Crippen LogP contribution in [0.15, 0.2) is 18.2 Å². The summed E-state index contributed by atoms with van der Waals surface area (Å²) in [6.45, 7) is 3.93. The van der Waals surface area contributed by atoms with Crippen LogP contribution in [0.2, 0.25) is 0 Å². The van der Waals surface area contributed by atoms with Gasteiger partial charge in [0.25, 0.3) is 0 Å². The highest BCUT2D eigenvalue weighted by molar-refractivity contribution is 5.37. The van der Waals surface area contributed by atoms with E-state index in [0.29, 0.717) is 12.6 Å². The van der Waals surface area contributed by atoms with Gasteiger partial charge in [-0.25, -0.2) is 0 Å². The maximum Gasteiger partial charge on any atom is 0.124 e. The molecule has 0 bridgehead atoms. The Hall–Kier alpha value is -1.10. The number of hydrogen-bond acceptors (Lipinski definition) is 4. The van der Waals surface area contributed by atoms with Crippen molar-refractivity contribution in [3.8, 4) is 5.75 Å². The number of likely N-dealkylation sites (N-methyl/N-ethyl adjacent to an activating group) is 2. The fraction of sp³-hybridized carbons (Fsp3) is 0.625. The van der Waals surface area contributed by atoms with E-state index in [9.17, 15) is 0 Å². The Morgan fingerprint density at radius 1 is 1.35 bits per heavy atom. The smallest absolute Gasteiger partial charge is 0.124 e. The summed E-state index contributed by atoms with van der Waals surface area (Å²) >= 11 is 0. The van der Waals surface area contributed by atoms with E-state index in [0.717, 1.165) is 24.4 Å². The fourth-order valence-electron chi connectivity index (χ4n) is 2.89. The van der Waals surface area contributed by atoms with Crippen LogP contribution >= 0.6 is 0 Å². The molecule has 1 fully saturated rings. The summed E-state index contributed by atoms with van der Waals surface area (Å²) in [5.74, 6) is 0.902. The maximum atomic E-state index is 5.37. The number of hydrogen-bond donors (Lipinski definition) is 0. The average molecular weight is 278 g/mol. The van der Waals surface area contributed by atoms with Crippen molar-refractivity contribution in [3.05, 3.63) is 29.3 Å². The minimum absolute atomic E-state index is 0.590. The Bertz CT molecular complexity index is 436. The van der Waals surface area contributed by atoms with E-state index in [1.54, 1.807) is 14.2 Å². The van der Waals surface area contributed by atoms with Crippen LogP contribution in [0.1, 0.15) is 17.5 Å². The Kier molecular flexibility index (Phi) is 5.40. The lowest BCUT2D eigenvalue weighted by Gasteiger charge is -2.24. The minimum atomic E-state index is 0.590. The molecule has 1 atom stereocenters. The van der Waals surface area contributed by atoms with Gasteiger partial charge in [-0.2, -0.15) is 0 Å². The first-order valence-electron chi connectivity index (χ1n) is 7.17. The molecule has 1 aromatic carbocycles. The molecular formula is C16H26N2O2. The van der Waals surface area contributed by atoms with Gasteiger partial charge < -0.3 is 14.4 Å². The fourth-order valence-corrected chi connectivity index (χ4v) is 2.89. The SMILES string of the molecule is COCc1cc(CN(C)[C@H]2CCN(C)C2)ccc1OC. The summed E-state index contributed by atoms with van der Waals surface area (Å²) in [5.41, 5.74) is 2.43. The molecule has 1 heterocycles. The molecule has 0 aliphatic carbocycles. The van der Waals surface area contributed by atoms with Crippen LogP contribution in [0.4, 0.5) is 0 Å². The number of benzene rings is 1. The van der Waals surface area contributed by atoms with Crippen molar-refractivity contribution in [3.63, 3.8) is 0 Å². The molecule has 1 aromatic rings. The standard InChI is InChI=1S/C16H26N2O2/c1-17-8-7-15(11-17)18(2)10-13-5-6-16(20-4)14(9-13)12-19-3/h5-6,9,15H,7-8,10-12H2,1-4H3/t15-/m0/s1. The van der Waals surface area contributed by atoms with Gasteiger partial charge in [0, 0.05) is 31.8 Å². The van der Waals surface area contributed by atoms with Crippen LogP contribution in [-0.2, 0) is 17.9 Å². The lowest BCUT2D eigenvalue weighted by Crippen LogP contribution is -2.33. The third-order valence-corrected chi connectivity index (χ3v) is 4.07. The van der Waals surface area contributed by atoms with Gasteiger partial charge in [-0.05, 0) is 44.8 Å². The molecule has 112 valence electrons. The van der Waals surface area contributed by atoms with E-state index < -0.39 is 0 Å². The van der Waals surface area contributed by atoms with Gasteiger partial charge in [0.05, 0.1) is 13.7 Å². The van der Waals surface area contributed by atoms with Gasteiger partial charge >= 0.3 is 0 Å². The molecule has 0 amide bonds. The molecule has 20 heavy (non-hydrogen) atoms. The predicted molar refractivity (Wildman–Crippen MR) is 81.1 cm³/mol. The first kappa shape index (κ1) is 15.3. The van der Waals surface area contributed by atoms with Crippen molar-refractivity contribution < 1.29 is 9.47 Å². The molecule has 4 nitrogen and oxygen atoms in total. The highest BCUT2D eigenvalue weighted by Gasteiger charge is 2.23. The molecule has 4 heteroatoms. The average Bonchev–Trinajstić information content (AvgIpc) is 2.86. The van der Waals surface area contributed by atoms with E-state index in [4.69, 9.17) is 9.47 Å². The first-order valence-corrected chi connectivity index (χ1v) is 7.17. The van der Waals surface area contributed by atoms with Crippen LogP contribution < -0.4 is 4.74 Å². The second kappa shape index (κ2) is 7.07. The molecule has 0 saturated carbocycles. The third kappa shape index (κ3) is 3.72. The summed E-state index contributed by atoms with van der Waals surface area (Å²) < 4.78 is 10.6. The van der Waals surface area contributed by atoms with Gasteiger partial charge in [-0.3, -0.25) is 4.90 Å². The zero-order valence-electron chi connectivity index (χ0n) is 13.1. The monoisotopic (exact) mass is 278 g/mol. The van der Waals surface area contributed by atoms with Gasteiger partial charge in [0.15, 0.2) is 0 Å². The molecule has 0 N–H and O–H groups in total. The van der Waals surface area contributed by atoms with E-state index in [2.05, 4.69) is 36.0 Å². The molecule has 0 spiro atoms. The Morgan fingerprint density at radius 3 is 2.75 bits per heavy atom. The van der Waals surface area contributed by atoms with Crippen molar-refractivity contribution in [2.75, 3.05) is 41.4 Å². The second-order valence-electron chi connectivity index (χ2n) is 5.70. The Morgan fingerprint density at radius 2 is 2.15 bits per heavy atom. The van der Waals surface area contributed by atoms with Gasteiger partial charge in [-0.1, -0.05) is 6.07 Å². The van der Waals surface area contributed by atoms with Gasteiger partial charge in [0.1, 0.15) is 5.75 Å². The lowest BCUT2D eigenvalue weighted by molar-refractivity contribution is 0.181. The van der Waals surface area contributed by atoms with Crippen molar-refractivity contribution in [1.29, 1.82) is 0 Å². The highest BCUT2D eigenvalue weighted by Crippen LogP contribution is 2.22. The molecule has 0 aromatic heterocycles. The molecule has 0 unspecified atom stereocenters. The molecular weight excluding hydrogens is 252 g/mol. The van der Waals surface area contributed by atoms with Crippen molar-refractivity contribution in [2.45, 2.75) is 25.6 Å². The number of nitrogens with zero attached hydrogens (tertiary/aromatic N) is 2. The van der Waals surface area contributed by atoms with Crippen LogP contribution in [0, 0.1) is 0 Å². The molecule has 1 aliphatic rings. The van der Waals surface area contributed by atoms with Gasteiger partial charge in [-0.15, -0.1) is 0 Å². The first-order chi connectivity index (χ1) is 9.63. The largest absolute Gasteiger partial charge is 0.496 e. The summed E-state index contributed by atoms with van der Waals surface area (Å²) in [6.07, 6.45) is 1.26. The lowest BCUT2D eigenvalue weighted by atomic mass is 10.1. The third-order valence-electron chi connectivity index (χ3n) is 4.07. The normalized spacial score (nSPS) is 19.8. The van der Waals surface area contributed by atoms with Crippen LogP contribution in [0.3, 0.4) is 0 Å². The second-order valence-corrected chi connectivity index (χ2v) is 5.70. The summed E-state index contributed by atoms with van der Waals surface area (Å²) in [5, 5.41) is 0. The van der Waals surface area contributed by atoms with E-state index in [1.165, 1.54) is 18.5 Å². The van der Waals surface area contributed by atoms with Crippen LogP contribution in [-0.4, -0.2) is 57.2 Å². The minimum Gasteiger partial charge on any atom is -0.496 e. The predicted octanol–water partition coefficient (Wildman–Crippen LogP) is 1.98. The maximum absolute atomic E-state index is 5.37.